The van der Waals surface area contributed by atoms with Crippen molar-refractivity contribution in [1.29, 1.82) is 0 Å². The van der Waals surface area contributed by atoms with E-state index in [0.717, 1.165) is 17.8 Å². The lowest BCUT2D eigenvalue weighted by atomic mass is 9.53. The van der Waals surface area contributed by atoms with Gasteiger partial charge in [-0.1, -0.05) is 0 Å². The Morgan fingerprint density at radius 3 is 2.08 bits per heavy atom. The molecule has 0 aromatic heterocycles. The fourth-order valence-corrected chi connectivity index (χ4v) is 6.19. The van der Waals surface area contributed by atoms with Crippen molar-refractivity contribution in [2.24, 2.45) is 22.9 Å². The van der Waals surface area contributed by atoms with Crippen molar-refractivity contribution in [3.05, 3.63) is 24.3 Å². The second kappa shape index (κ2) is 6.07. The van der Waals surface area contributed by atoms with E-state index in [0.29, 0.717) is 12.2 Å². The third kappa shape index (κ3) is 3.59. The maximum Gasteiger partial charge on any atom is 0.279 e. The average molecular weight is 364 g/mol. The minimum absolute atomic E-state index is 0.0425. The molecule has 4 aliphatic rings. The summed E-state index contributed by atoms with van der Waals surface area (Å²) < 4.78 is 22.5. The largest absolute Gasteiger partial charge is 0.334 e. The molecule has 0 saturated heterocycles. The van der Waals surface area contributed by atoms with E-state index >= 15 is 0 Å². The molecule has 1 amide bonds. The zero-order valence-electron chi connectivity index (χ0n) is 14.3. The first-order valence-corrected chi connectivity index (χ1v) is 10.6. The molecule has 0 aliphatic heterocycles. The number of nitrogens with two attached hydrogens (primary N) is 2. The molecule has 0 unspecified atom stereocenters. The molecule has 0 heterocycles. The van der Waals surface area contributed by atoms with Crippen molar-refractivity contribution in [2.75, 3.05) is 11.9 Å². The number of nitrogens with one attached hydrogen (secondary N) is 1. The van der Waals surface area contributed by atoms with Crippen molar-refractivity contribution in [3.63, 3.8) is 0 Å². The Bertz CT molecular complexity index is 738. The number of anilines is 1. The maximum absolute atomic E-state index is 12.3. The molecule has 1 aromatic carbocycles. The Balaban J connectivity index is 1.34. The number of amides is 1. The highest BCUT2D eigenvalue weighted by Gasteiger charge is 2.53. The monoisotopic (exact) mass is 364 g/mol. The number of quaternary nitrogens is 1. The van der Waals surface area contributed by atoms with E-state index < -0.39 is 10.0 Å². The fourth-order valence-electron chi connectivity index (χ4n) is 5.68. The average Bonchev–Trinajstić information content (AvgIpc) is 2.51. The molecule has 4 bridgehead atoms. The summed E-state index contributed by atoms with van der Waals surface area (Å²) in [6.45, 7) is 0.420. The molecule has 7 heteroatoms. The summed E-state index contributed by atoms with van der Waals surface area (Å²) in [7, 11) is -3.70. The number of primary sulfonamides is 1. The van der Waals surface area contributed by atoms with Gasteiger partial charge in [0.1, 0.15) is 0 Å². The van der Waals surface area contributed by atoms with Gasteiger partial charge in [0.25, 0.3) is 5.91 Å². The highest BCUT2D eigenvalue weighted by molar-refractivity contribution is 7.89. The van der Waals surface area contributed by atoms with Gasteiger partial charge >= 0.3 is 0 Å². The van der Waals surface area contributed by atoms with Crippen LogP contribution in [-0.2, 0) is 14.8 Å². The number of hydrogen-bond donors (Lipinski definition) is 3. The smallest absolute Gasteiger partial charge is 0.279 e. The second-order valence-electron chi connectivity index (χ2n) is 8.31. The zero-order chi connectivity index (χ0) is 17.7. The molecule has 4 saturated carbocycles. The molecule has 6 nitrogen and oxygen atoms in total. The summed E-state index contributed by atoms with van der Waals surface area (Å²) >= 11 is 0. The Labute approximate surface area is 148 Å². The first-order valence-electron chi connectivity index (χ1n) is 9.08. The summed E-state index contributed by atoms with van der Waals surface area (Å²) in [5.74, 6) is 2.57. The van der Waals surface area contributed by atoms with Crippen molar-refractivity contribution in [1.82, 2.24) is 0 Å². The Morgan fingerprint density at radius 2 is 1.60 bits per heavy atom. The van der Waals surface area contributed by atoms with Gasteiger partial charge in [-0.2, -0.15) is 0 Å². The van der Waals surface area contributed by atoms with Crippen LogP contribution in [0.5, 0.6) is 0 Å². The quantitative estimate of drug-likeness (QED) is 0.719. The fraction of sp³-hybridized carbons (Fsp3) is 0.611. The standard InChI is InChI=1S/C18H25N3O3S/c19-25(23,24)16-3-1-15(2-4-16)21-17(22)11-20-18-8-12-5-13(9-18)7-14(6-12)10-18/h1-4,12-14,20H,5-11H2,(H,21,22)(H2,19,23,24)/p+1. The van der Waals surface area contributed by atoms with Crippen LogP contribution in [-0.4, -0.2) is 26.4 Å². The van der Waals surface area contributed by atoms with Gasteiger partial charge in [-0.15, -0.1) is 0 Å². The molecule has 5 rings (SSSR count). The lowest BCUT2D eigenvalue weighted by molar-refractivity contribution is -0.729. The maximum atomic E-state index is 12.3. The van der Waals surface area contributed by atoms with Crippen LogP contribution in [0.15, 0.2) is 29.2 Å². The zero-order valence-corrected chi connectivity index (χ0v) is 15.1. The Kier molecular flexibility index (Phi) is 4.13. The second-order valence-corrected chi connectivity index (χ2v) is 9.87. The minimum Gasteiger partial charge on any atom is -0.334 e. The van der Waals surface area contributed by atoms with Crippen molar-refractivity contribution in [2.45, 2.75) is 49.0 Å². The van der Waals surface area contributed by atoms with Crippen molar-refractivity contribution < 1.29 is 18.5 Å². The van der Waals surface area contributed by atoms with Gasteiger partial charge in [0.15, 0.2) is 6.54 Å². The molecule has 25 heavy (non-hydrogen) atoms. The molecule has 136 valence electrons. The normalized spacial score (nSPS) is 33.4. The molecule has 1 aromatic rings. The Hall–Kier alpha value is -1.44. The number of carbonyl (C=O) groups is 1. The van der Waals surface area contributed by atoms with Crippen LogP contribution in [0, 0.1) is 17.8 Å². The minimum atomic E-state index is -3.70. The van der Waals surface area contributed by atoms with Crippen LogP contribution < -0.4 is 15.8 Å². The van der Waals surface area contributed by atoms with Crippen LogP contribution in [0.4, 0.5) is 5.69 Å². The van der Waals surface area contributed by atoms with Gasteiger partial charge in [-0.3, -0.25) is 4.79 Å². The first kappa shape index (κ1) is 17.0. The molecule has 0 spiro atoms. The predicted molar refractivity (Wildman–Crippen MR) is 94.1 cm³/mol. The summed E-state index contributed by atoms with van der Waals surface area (Å²) in [5.41, 5.74) is 0.875. The van der Waals surface area contributed by atoms with E-state index in [1.165, 1.54) is 50.7 Å². The molecule has 4 fully saturated rings. The van der Waals surface area contributed by atoms with Crippen LogP contribution >= 0.6 is 0 Å². The van der Waals surface area contributed by atoms with E-state index in [1.807, 2.05) is 0 Å². The summed E-state index contributed by atoms with van der Waals surface area (Å²) in [5, 5.41) is 10.2. The number of carbonyl (C=O) groups excluding carboxylic acids is 1. The van der Waals surface area contributed by atoms with E-state index in [4.69, 9.17) is 5.14 Å². The van der Waals surface area contributed by atoms with Gasteiger partial charge in [0.05, 0.1) is 10.4 Å². The summed E-state index contributed by atoms with van der Waals surface area (Å²) in [6.07, 6.45) is 7.97. The molecule has 5 N–H and O–H groups in total. The number of benzene rings is 1. The van der Waals surface area contributed by atoms with Crippen LogP contribution in [0.2, 0.25) is 0 Å². The SMILES string of the molecule is NS(=O)(=O)c1ccc(NC(=O)C[NH2+]C23CC4CC(CC(C4)C2)C3)cc1. The van der Waals surface area contributed by atoms with Crippen LogP contribution in [0.1, 0.15) is 38.5 Å². The van der Waals surface area contributed by atoms with Crippen LogP contribution in [0.3, 0.4) is 0 Å². The molecule has 4 aliphatic carbocycles. The Morgan fingerprint density at radius 1 is 1.08 bits per heavy atom. The van der Waals surface area contributed by atoms with E-state index in [2.05, 4.69) is 10.6 Å². The summed E-state index contributed by atoms with van der Waals surface area (Å²) in [4.78, 5) is 12.3. The topological polar surface area (TPSA) is 106 Å². The van der Waals surface area contributed by atoms with Gasteiger partial charge in [-0.25, -0.2) is 13.6 Å². The lowest BCUT2D eigenvalue weighted by Gasteiger charge is -2.54. The van der Waals surface area contributed by atoms with Crippen molar-refractivity contribution in [3.8, 4) is 0 Å². The predicted octanol–water partition coefficient (Wildman–Crippen LogP) is 0.805. The van der Waals surface area contributed by atoms with Gasteiger partial charge < -0.3 is 10.6 Å². The molecule has 0 atom stereocenters. The lowest BCUT2D eigenvalue weighted by Crippen LogP contribution is -3.00. The van der Waals surface area contributed by atoms with Crippen molar-refractivity contribution >= 4 is 21.6 Å². The number of hydrogen-bond acceptors (Lipinski definition) is 3. The van der Waals surface area contributed by atoms with Gasteiger partial charge in [-0.05, 0) is 61.3 Å². The first-order chi connectivity index (χ1) is 11.8. The van der Waals surface area contributed by atoms with Crippen LogP contribution in [0.25, 0.3) is 0 Å². The van der Waals surface area contributed by atoms with E-state index in [-0.39, 0.29) is 16.3 Å². The third-order valence-electron chi connectivity index (χ3n) is 6.27. The highest BCUT2D eigenvalue weighted by Crippen LogP contribution is 2.54. The number of sulfonamides is 1. The molecular weight excluding hydrogens is 338 g/mol. The van der Waals surface area contributed by atoms with E-state index in [1.54, 1.807) is 12.1 Å². The van der Waals surface area contributed by atoms with Gasteiger partial charge in [0, 0.05) is 24.9 Å². The number of rotatable bonds is 5. The highest BCUT2D eigenvalue weighted by atomic mass is 32.2. The van der Waals surface area contributed by atoms with E-state index in [9.17, 15) is 13.2 Å². The van der Waals surface area contributed by atoms with Gasteiger partial charge in [0.2, 0.25) is 10.0 Å². The molecular formula is C18H26N3O3S+. The third-order valence-corrected chi connectivity index (χ3v) is 7.20. The summed E-state index contributed by atoms with van der Waals surface area (Å²) in [6, 6.07) is 5.96. The molecule has 0 radical (unpaired) electrons.